The van der Waals surface area contributed by atoms with E-state index < -0.39 is 0 Å². The summed E-state index contributed by atoms with van der Waals surface area (Å²) in [6, 6.07) is 7.68. The molecule has 8 nitrogen and oxygen atoms in total. The summed E-state index contributed by atoms with van der Waals surface area (Å²) in [5.41, 5.74) is 3.47. The topological polar surface area (TPSA) is 79.2 Å². The smallest absolute Gasteiger partial charge is 0.327 e. The number of pyridine rings is 2. The van der Waals surface area contributed by atoms with Gasteiger partial charge in [-0.2, -0.15) is 5.10 Å². The number of carbonyl (C=O) groups is 1. The van der Waals surface area contributed by atoms with Crippen molar-refractivity contribution >= 4 is 23.2 Å². The molecule has 1 unspecified atom stereocenters. The van der Waals surface area contributed by atoms with Gasteiger partial charge in [0, 0.05) is 37.6 Å². The van der Waals surface area contributed by atoms with E-state index in [9.17, 15) is 4.79 Å². The summed E-state index contributed by atoms with van der Waals surface area (Å²) in [7, 11) is 0. The van der Waals surface area contributed by atoms with E-state index in [4.69, 9.17) is 4.98 Å². The van der Waals surface area contributed by atoms with Gasteiger partial charge in [-0.3, -0.25) is 14.6 Å². The predicted octanol–water partition coefficient (Wildman–Crippen LogP) is 3.38. The Kier molecular flexibility index (Phi) is 4.38. The molecule has 2 aliphatic rings. The lowest BCUT2D eigenvalue weighted by Gasteiger charge is -2.35. The number of nitrogens with zero attached hydrogens (tertiary/aromatic N) is 6. The van der Waals surface area contributed by atoms with Crippen molar-refractivity contribution in [3.05, 3.63) is 49.1 Å². The maximum Gasteiger partial charge on any atom is 0.327 e. The van der Waals surface area contributed by atoms with Crippen molar-refractivity contribution in [2.45, 2.75) is 32.4 Å². The molecule has 0 saturated carbocycles. The number of hydrogen-bond donors (Lipinski definition) is 1. The lowest BCUT2D eigenvalue weighted by Crippen LogP contribution is -2.48. The first-order valence-corrected chi connectivity index (χ1v) is 10.0. The van der Waals surface area contributed by atoms with E-state index in [1.165, 1.54) is 0 Å². The Morgan fingerprint density at radius 1 is 1.28 bits per heavy atom. The maximum atomic E-state index is 13.2. The zero-order chi connectivity index (χ0) is 19.8. The van der Waals surface area contributed by atoms with Gasteiger partial charge in [0.15, 0.2) is 5.82 Å². The fourth-order valence-electron chi connectivity index (χ4n) is 4.10. The predicted molar refractivity (Wildman–Crippen MR) is 112 cm³/mol. The molecule has 2 bridgehead atoms. The molecular weight excluding hydrogens is 366 g/mol. The van der Waals surface area contributed by atoms with Gasteiger partial charge in [0.25, 0.3) is 0 Å². The SMILES string of the molecule is CCCn1cc(-c2ccc3c(n2)N(C(=O)Nc2cccnc2)C2CCN3C2)cn1. The van der Waals surface area contributed by atoms with E-state index in [1.54, 1.807) is 18.5 Å². The average Bonchev–Trinajstić information content (AvgIpc) is 3.37. The zero-order valence-electron chi connectivity index (χ0n) is 16.3. The van der Waals surface area contributed by atoms with Crippen LogP contribution in [0.5, 0.6) is 0 Å². The number of anilines is 3. The summed E-state index contributed by atoms with van der Waals surface area (Å²) in [6.07, 6.45) is 9.14. The van der Waals surface area contributed by atoms with Gasteiger partial charge in [-0.15, -0.1) is 0 Å². The summed E-state index contributed by atoms with van der Waals surface area (Å²) < 4.78 is 1.93. The third kappa shape index (κ3) is 3.20. The van der Waals surface area contributed by atoms with Crippen molar-refractivity contribution in [2.24, 2.45) is 0 Å². The van der Waals surface area contributed by atoms with Crippen LogP contribution in [0.15, 0.2) is 49.1 Å². The van der Waals surface area contributed by atoms with Gasteiger partial charge in [-0.25, -0.2) is 9.78 Å². The molecule has 148 valence electrons. The van der Waals surface area contributed by atoms with E-state index >= 15 is 0 Å². The molecule has 2 aliphatic heterocycles. The van der Waals surface area contributed by atoms with Crippen molar-refractivity contribution in [1.82, 2.24) is 19.7 Å². The van der Waals surface area contributed by atoms with Crippen LogP contribution in [0.3, 0.4) is 0 Å². The number of rotatable bonds is 4. The Bertz CT molecular complexity index is 1030. The number of aromatic nitrogens is 4. The highest BCUT2D eigenvalue weighted by atomic mass is 16.2. The molecule has 5 rings (SSSR count). The molecule has 8 heteroatoms. The molecule has 0 aromatic carbocycles. The van der Waals surface area contributed by atoms with E-state index in [2.05, 4.69) is 33.3 Å². The molecule has 1 saturated heterocycles. The van der Waals surface area contributed by atoms with E-state index in [0.29, 0.717) is 11.5 Å². The highest BCUT2D eigenvalue weighted by Gasteiger charge is 2.40. The second kappa shape index (κ2) is 7.20. The first-order valence-electron chi connectivity index (χ1n) is 10.0. The molecule has 1 atom stereocenters. The standard InChI is InChI=1S/C21H23N7O/c1-2-9-27-13-15(11-23-27)18-5-6-19-20(25-18)28(17-7-10-26(19)14-17)21(29)24-16-4-3-8-22-12-16/h3-6,8,11-13,17H,2,7,9-10,14H2,1H3,(H,24,29). The number of hydrogen-bond acceptors (Lipinski definition) is 5. The minimum Gasteiger partial charge on any atom is -0.366 e. The van der Waals surface area contributed by atoms with Crippen molar-refractivity contribution in [3.63, 3.8) is 0 Å². The Hall–Kier alpha value is -3.42. The summed E-state index contributed by atoms with van der Waals surface area (Å²) in [5.74, 6) is 0.709. The molecular formula is C21H23N7O. The number of carbonyl (C=O) groups excluding carboxylic acids is 1. The minimum absolute atomic E-state index is 0.115. The lowest BCUT2D eigenvalue weighted by atomic mass is 10.1. The third-order valence-electron chi connectivity index (χ3n) is 5.47. The van der Waals surface area contributed by atoms with Gasteiger partial charge in [0.2, 0.25) is 0 Å². The monoisotopic (exact) mass is 389 g/mol. The molecule has 1 fully saturated rings. The zero-order valence-corrected chi connectivity index (χ0v) is 16.3. The number of amides is 2. The van der Waals surface area contributed by atoms with Crippen molar-refractivity contribution in [1.29, 1.82) is 0 Å². The highest BCUT2D eigenvalue weighted by Crippen LogP contribution is 2.40. The van der Waals surface area contributed by atoms with Crippen LogP contribution >= 0.6 is 0 Å². The summed E-state index contributed by atoms with van der Waals surface area (Å²) >= 11 is 0. The molecule has 1 N–H and O–H groups in total. The van der Waals surface area contributed by atoms with Crippen LogP contribution in [0, 0.1) is 0 Å². The van der Waals surface area contributed by atoms with E-state index in [1.807, 2.05) is 34.1 Å². The molecule has 0 radical (unpaired) electrons. The largest absolute Gasteiger partial charge is 0.366 e. The molecule has 5 heterocycles. The average molecular weight is 389 g/mol. The lowest BCUT2D eigenvalue weighted by molar-refractivity contribution is 0.255. The van der Waals surface area contributed by atoms with Crippen LogP contribution in [0.2, 0.25) is 0 Å². The summed E-state index contributed by atoms with van der Waals surface area (Å²) in [6.45, 7) is 4.77. The Balaban J connectivity index is 1.50. The normalized spacial score (nSPS) is 17.3. The van der Waals surface area contributed by atoms with Crippen LogP contribution in [-0.2, 0) is 6.54 Å². The first-order chi connectivity index (χ1) is 14.2. The second-order valence-corrected chi connectivity index (χ2v) is 7.46. The molecule has 3 aromatic rings. The van der Waals surface area contributed by atoms with Gasteiger partial charge in [0.1, 0.15) is 0 Å². The number of fused-ring (bicyclic) bond motifs is 4. The first kappa shape index (κ1) is 17.7. The Labute approximate surface area is 169 Å². The van der Waals surface area contributed by atoms with Crippen molar-refractivity contribution in [3.8, 4) is 11.3 Å². The fourth-order valence-corrected chi connectivity index (χ4v) is 4.10. The van der Waals surface area contributed by atoms with Crippen LogP contribution in [0.4, 0.5) is 22.0 Å². The molecule has 3 aromatic heterocycles. The quantitative estimate of drug-likeness (QED) is 0.740. The fraction of sp³-hybridized carbons (Fsp3) is 0.333. The van der Waals surface area contributed by atoms with Gasteiger partial charge < -0.3 is 10.2 Å². The van der Waals surface area contributed by atoms with Crippen LogP contribution in [0.1, 0.15) is 19.8 Å². The van der Waals surface area contributed by atoms with Crippen molar-refractivity contribution < 1.29 is 4.79 Å². The maximum absolute atomic E-state index is 13.2. The molecule has 0 spiro atoms. The van der Waals surface area contributed by atoms with Crippen LogP contribution in [-0.4, -0.2) is 44.9 Å². The highest BCUT2D eigenvalue weighted by molar-refractivity contribution is 6.04. The Morgan fingerprint density at radius 2 is 2.21 bits per heavy atom. The van der Waals surface area contributed by atoms with E-state index in [0.717, 1.165) is 49.4 Å². The van der Waals surface area contributed by atoms with Crippen LogP contribution in [0.25, 0.3) is 11.3 Å². The van der Waals surface area contributed by atoms with Crippen molar-refractivity contribution in [2.75, 3.05) is 28.2 Å². The van der Waals surface area contributed by atoms with Gasteiger partial charge in [-0.1, -0.05) is 6.92 Å². The summed E-state index contributed by atoms with van der Waals surface area (Å²) in [4.78, 5) is 26.3. The number of urea groups is 1. The van der Waals surface area contributed by atoms with Crippen LogP contribution < -0.4 is 15.1 Å². The molecule has 29 heavy (non-hydrogen) atoms. The molecule has 2 amide bonds. The third-order valence-corrected chi connectivity index (χ3v) is 5.47. The summed E-state index contributed by atoms with van der Waals surface area (Å²) in [5, 5.41) is 7.38. The molecule has 0 aliphatic carbocycles. The van der Waals surface area contributed by atoms with Gasteiger partial charge in [0.05, 0.1) is 35.5 Å². The van der Waals surface area contributed by atoms with Gasteiger partial charge in [-0.05, 0) is 37.1 Å². The second-order valence-electron chi connectivity index (χ2n) is 7.46. The van der Waals surface area contributed by atoms with E-state index in [-0.39, 0.29) is 12.1 Å². The Morgan fingerprint density at radius 3 is 3.03 bits per heavy atom. The number of aryl methyl sites for hydroxylation is 1. The van der Waals surface area contributed by atoms with Gasteiger partial charge >= 0.3 is 6.03 Å². The minimum atomic E-state index is -0.169. The number of nitrogens with one attached hydrogen (secondary N) is 1.